The fourth-order valence-corrected chi connectivity index (χ4v) is 6.76. The van der Waals surface area contributed by atoms with E-state index in [1.807, 2.05) is 0 Å². The van der Waals surface area contributed by atoms with Gasteiger partial charge in [0.25, 0.3) is 11.5 Å². The number of benzene rings is 1. The SMILES string of the molecule is O=C(NC1CCOCC1)c1sc(C2=NOC(c3cc(Cl)cc(Cl)c3)(C(F)(F)F)C2)c2c1CCCC2. The molecule has 1 aromatic heterocycles. The Morgan fingerprint density at radius 2 is 1.74 bits per heavy atom. The van der Waals surface area contributed by atoms with E-state index in [0.29, 0.717) is 35.8 Å². The first-order chi connectivity index (χ1) is 16.7. The Labute approximate surface area is 214 Å². The largest absolute Gasteiger partial charge is 0.435 e. The predicted octanol–water partition coefficient (Wildman–Crippen LogP) is 6.42. The molecule has 3 aliphatic rings. The minimum Gasteiger partial charge on any atom is -0.381 e. The van der Waals surface area contributed by atoms with Crippen LogP contribution in [0.3, 0.4) is 0 Å². The standard InChI is InChI=1S/C24H23Cl2F3N2O3S/c25-14-9-13(10-15(26)11-14)23(24(27,28)29)12-19(31-34-23)20-17-3-1-2-4-18(17)21(35-20)22(32)30-16-5-7-33-8-6-16/h9-11,16H,1-8,12H2,(H,30,32). The van der Waals surface area contributed by atoms with Crippen molar-refractivity contribution in [1.29, 1.82) is 0 Å². The summed E-state index contributed by atoms with van der Waals surface area (Å²) in [5.41, 5.74) is -0.898. The number of nitrogens with zero attached hydrogens (tertiary/aromatic N) is 1. The van der Waals surface area contributed by atoms with E-state index in [-0.39, 0.29) is 33.3 Å². The van der Waals surface area contributed by atoms with Crippen LogP contribution in [-0.2, 0) is 28.0 Å². The molecule has 188 valence electrons. The summed E-state index contributed by atoms with van der Waals surface area (Å²) in [4.78, 5) is 19.5. The van der Waals surface area contributed by atoms with Crippen LogP contribution in [0.1, 0.15) is 63.3 Å². The lowest BCUT2D eigenvalue weighted by molar-refractivity contribution is -0.275. The first kappa shape index (κ1) is 24.9. The monoisotopic (exact) mass is 546 g/mol. The molecular weight excluding hydrogens is 524 g/mol. The summed E-state index contributed by atoms with van der Waals surface area (Å²) < 4.78 is 48.7. The Kier molecular flexibility index (Phi) is 6.80. The van der Waals surface area contributed by atoms with E-state index in [0.717, 1.165) is 36.8 Å². The maximum Gasteiger partial charge on any atom is 0.435 e. The third-order valence-corrected chi connectivity index (χ3v) is 8.52. The van der Waals surface area contributed by atoms with Gasteiger partial charge in [0.1, 0.15) is 5.71 Å². The van der Waals surface area contributed by atoms with Crippen LogP contribution in [0.25, 0.3) is 0 Å². The number of carbonyl (C=O) groups excluding carboxylic acids is 1. The Morgan fingerprint density at radius 3 is 2.40 bits per heavy atom. The van der Waals surface area contributed by atoms with Crippen LogP contribution in [-0.4, -0.2) is 37.1 Å². The summed E-state index contributed by atoms with van der Waals surface area (Å²) in [6.07, 6.45) is -0.588. The van der Waals surface area contributed by atoms with Gasteiger partial charge in [-0.2, -0.15) is 13.2 Å². The van der Waals surface area contributed by atoms with E-state index in [1.54, 1.807) is 0 Å². The Bertz CT molecular complexity index is 1160. The second-order valence-electron chi connectivity index (χ2n) is 9.07. The molecule has 0 spiro atoms. The average Bonchev–Trinajstić information content (AvgIpc) is 3.42. The molecule has 1 aliphatic carbocycles. The summed E-state index contributed by atoms with van der Waals surface area (Å²) in [7, 11) is 0. The van der Waals surface area contributed by atoms with Crippen molar-refractivity contribution in [2.24, 2.45) is 5.16 Å². The van der Waals surface area contributed by atoms with Gasteiger partial charge in [-0.25, -0.2) is 0 Å². The Hall–Kier alpha value is -1.81. The van der Waals surface area contributed by atoms with Gasteiger partial charge in [0.05, 0.1) is 16.2 Å². The number of alkyl halides is 3. The summed E-state index contributed by atoms with van der Waals surface area (Å²) in [5.74, 6) is -0.186. The topological polar surface area (TPSA) is 59.9 Å². The average molecular weight is 547 g/mol. The zero-order valence-electron chi connectivity index (χ0n) is 18.6. The van der Waals surface area contributed by atoms with Gasteiger partial charge in [0.2, 0.25) is 0 Å². The van der Waals surface area contributed by atoms with Gasteiger partial charge in [-0.05, 0) is 67.9 Å². The van der Waals surface area contributed by atoms with Crippen molar-refractivity contribution in [2.75, 3.05) is 13.2 Å². The normalized spacial score (nSPS) is 22.9. The predicted molar refractivity (Wildman–Crippen MR) is 129 cm³/mol. The van der Waals surface area contributed by atoms with Crippen molar-refractivity contribution in [3.05, 3.63) is 54.7 Å². The number of carbonyl (C=O) groups is 1. The minimum absolute atomic E-state index is 0.0265. The van der Waals surface area contributed by atoms with Crippen molar-refractivity contribution in [1.82, 2.24) is 5.32 Å². The van der Waals surface area contributed by atoms with Crippen molar-refractivity contribution >= 4 is 46.2 Å². The van der Waals surface area contributed by atoms with E-state index in [9.17, 15) is 18.0 Å². The number of rotatable bonds is 4. The highest BCUT2D eigenvalue weighted by atomic mass is 35.5. The molecule has 0 bridgehead atoms. The summed E-state index contributed by atoms with van der Waals surface area (Å²) >= 11 is 13.2. The fourth-order valence-electron chi connectivity index (χ4n) is 4.95. The highest BCUT2D eigenvalue weighted by Crippen LogP contribution is 2.51. The van der Waals surface area contributed by atoms with E-state index < -0.39 is 18.2 Å². The molecule has 1 fully saturated rings. The molecular formula is C24H23Cl2F3N2O3S. The molecule has 1 atom stereocenters. The molecule has 1 aromatic carbocycles. The maximum atomic E-state index is 14.4. The minimum atomic E-state index is -4.77. The van der Waals surface area contributed by atoms with Crippen LogP contribution in [0.5, 0.6) is 0 Å². The fraction of sp³-hybridized carbons (Fsp3) is 0.500. The highest BCUT2D eigenvalue weighted by molar-refractivity contribution is 7.16. The van der Waals surface area contributed by atoms with E-state index in [1.165, 1.54) is 29.5 Å². The van der Waals surface area contributed by atoms with Crippen molar-refractivity contribution < 1.29 is 27.5 Å². The first-order valence-corrected chi connectivity index (χ1v) is 13.1. The van der Waals surface area contributed by atoms with Crippen LogP contribution in [0, 0.1) is 0 Å². The number of hydrogen-bond acceptors (Lipinski definition) is 5. The summed E-state index contributed by atoms with van der Waals surface area (Å²) in [5, 5.41) is 7.16. The Balaban J connectivity index is 1.49. The van der Waals surface area contributed by atoms with Crippen LogP contribution >= 0.6 is 34.5 Å². The van der Waals surface area contributed by atoms with Gasteiger partial charge >= 0.3 is 6.18 Å². The van der Waals surface area contributed by atoms with Gasteiger partial charge in [-0.15, -0.1) is 11.3 Å². The zero-order valence-corrected chi connectivity index (χ0v) is 21.0. The third-order valence-electron chi connectivity index (χ3n) is 6.76. The van der Waals surface area contributed by atoms with Crippen molar-refractivity contribution in [3.63, 3.8) is 0 Å². The molecule has 35 heavy (non-hydrogen) atoms. The molecule has 1 saturated heterocycles. The number of amides is 1. The van der Waals surface area contributed by atoms with Gasteiger partial charge in [-0.3, -0.25) is 4.79 Å². The number of thiophene rings is 1. The number of ether oxygens (including phenoxy) is 1. The third kappa shape index (κ3) is 4.68. The summed E-state index contributed by atoms with van der Waals surface area (Å²) in [6, 6.07) is 3.80. The molecule has 11 heteroatoms. The maximum absolute atomic E-state index is 14.4. The molecule has 5 nitrogen and oxygen atoms in total. The quantitative estimate of drug-likeness (QED) is 0.481. The molecule has 0 saturated carbocycles. The summed E-state index contributed by atoms with van der Waals surface area (Å²) in [6.45, 7) is 1.19. The second-order valence-corrected chi connectivity index (χ2v) is 11.0. The van der Waals surface area contributed by atoms with Crippen LogP contribution in [0.4, 0.5) is 13.2 Å². The molecule has 0 radical (unpaired) electrons. The van der Waals surface area contributed by atoms with Crippen LogP contribution < -0.4 is 5.32 Å². The lowest BCUT2D eigenvalue weighted by Crippen LogP contribution is -2.42. The van der Waals surface area contributed by atoms with E-state index in [4.69, 9.17) is 32.8 Å². The second kappa shape index (κ2) is 9.57. The molecule has 1 N–H and O–H groups in total. The van der Waals surface area contributed by atoms with Crippen molar-refractivity contribution in [2.45, 2.75) is 62.8 Å². The van der Waals surface area contributed by atoms with E-state index >= 15 is 0 Å². The first-order valence-electron chi connectivity index (χ1n) is 11.5. The molecule has 2 aromatic rings. The van der Waals surface area contributed by atoms with Crippen LogP contribution in [0.2, 0.25) is 10.0 Å². The molecule has 2 aliphatic heterocycles. The van der Waals surface area contributed by atoms with Crippen molar-refractivity contribution in [3.8, 4) is 0 Å². The number of hydrogen-bond donors (Lipinski definition) is 1. The number of fused-ring (bicyclic) bond motifs is 1. The molecule has 1 unspecified atom stereocenters. The van der Waals surface area contributed by atoms with Gasteiger partial charge in [0, 0.05) is 34.9 Å². The molecule has 5 rings (SSSR count). The molecule has 3 heterocycles. The number of halogens is 5. The van der Waals surface area contributed by atoms with Crippen LogP contribution in [0.15, 0.2) is 23.4 Å². The lowest BCUT2D eigenvalue weighted by Gasteiger charge is -2.29. The van der Waals surface area contributed by atoms with Gasteiger partial charge in [0.15, 0.2) is 0 Å². The van der Waals surface area contributed by atoms with Gasteiger partial charge in [-0.1, -0.05) is 28.4 Å². The molecule has 1 amide bonds. The number of oxime groups is 1. The smallest absolute Gasteiger partial charge is 0.381 e. The van der Waals surface area contributed by atoms with Gasteiger partial charge < -0.3 is 14.9 Å². The highest BCUT2D eigenvalue weighted by Gasteiger charge is 2.62. The Morgan fingerprint density at radius 1 is 1.09 bits per heavy atom. The number of nitrogens with one attached hydrogen (secondary N) is 1. The zero-order chi connectivity index (χ0) is 24.8. The lowest BCUT2D eigenvalue weighted by atomic mass is 9.85. The van der Waals surface area contributed by atoms with E-state index in [2.05, 4.69) is 10.5 Å².